The predicted molar refractivity (Wildman–Crippen MR) is 73.9 cm³/mol. The molecule has 0 bridgehead atoms. The second-order valence-electron chi connectivity index (χ2n) is 5.89. The quantitative estimate of drug-likeness (QED) is 0.717. The molecule has 2 heteroatoms. The molecule has 0 unspecified atom stereocenters. The Bertz CT molecular complexity index is 185. The molecule has 0 amide bonds. The fraction of sp³-hybridized carbons (Fsp3) is 1.00. The zero-order valence-electron chi connectivity index (χ0n) is 11.7. The molecule has 1 aliphatic carbocycles. The van der Waals surface area contributed by atoms with Crippen molar-refractivity contribution in [3.63, 3.8) is 0 Å². The van der Waals surface area contributed by atoms with Crippen molar-refractivity contribution in [3.05, 3.63) is 0 Å². The lowest BCUT2D eigenvalue weighted by Crippen LogP contribution is -2.38. The first-order valence-electron chi connectivity index (χ1n) is 7.61. The van der Waals surface area contributed by atoms with Gasteiger partial charge in [0.05, 0.1) is 6.10 Å². The Morgan fingerprint density at radius 3 is 2.24 bits per heavy atom. The van der Waals surface area contributed by atoms with Gasteiger partial charge in [0.2, 0.25) is 0 Å². The molecule has 0 heterocycles. The van der Waals surface area contributed by atoms with Crippen molar-refractivity contribution in [1.29, 1.82) is 0 Å². The Balaban J connectivity index is 2.27. The summed E-state index contributed by atoms with van der Waals surface area (Å²) in [6, 6.07) is -0.00120. The third-order valence-electron chi connectivity index (χ3n) is 4.55. The van der Waals surface area contributed by atoms with Crippen LogP contribution in [0.2, 0.25) is 0 Å². The minimum Gasteiger partial charge on any atom is -0.392 e. The number of hydrogen-bond acceptors (Lipinski definition) is 2. The van der Waals surface area contributed by atoms with E-state index in [4.69, 9.17) is 5.73 Å². The fourth-order valence-corrected chi connectivity index (χ4v) is 3.10. The second-order valence-corrected chi connectivity index (χ2v) is 5.89. The van der Waals surface area contributed by atoms with Crippen molar-refractivity contribution in [2.45, 2.75) is 83.8 Å². The summed E-state index contributed by atoms with van der Waals surface area (Å²) in [5, 5.41) is 10.2. The number of nitrogens with two attached hydrogens (primary N) is 1. The van der Waals surface area contributed by atoms with E-state index in [1.807, 2.05) is 0 Å². The molecule has 0 aromatic rings. The fourth-order valence-electron chi connectivity index (χ4n) is 3.10. The van der Waals surface area contributed by atoms with Crippen LogP contribution in [-0.4, -0.2) is 17.3 Å². The molecule has 0 aliphatic heterocycles. The smallest absolute Gasteiger partial charge is 0.0693 e. The third kappa shape index (κ3) is 5.39. The first kappa shape index (κ1) is 15.0. The van der Waals surface area contributed by atoms with Crippen molar-refractivity contribution >= 4 is 0 Å². The molecule has 0 radical (unpaired) electrons. The Morgan fingerprint density at radius 1 is 1.12 bits per heavy atom. The lowest BCUT2D eigenvalue weighted by atomic mass is 9.82. The lowest BCUT2D eigenvalue weighted by Gasteiger charge is -2.28. The highest BCUT2D eigenvalue weighted by molar-refractivity contribution is 4.79. The maximum absolute atomic E-state index is 10.2. The minimum absolute atomic E-state index is 0.00120. The summed E-state index contributed by atoms with van der Waals surface area (Å²) in [7, 11) is 0. The number of aliphatic hydroxyl groups excluding tert-OH is 1. The highest BCUT2D eigenvalue weighted by Gasteiger charge is 2.23. The average Bonchev–Trinajstić information content (AvgIpc) is 2.36. The van der Waals surface area contributed by atoms with Gasteiger partial charge >= 0.3 is 0 Å². The molecule has 1 fully saturated rings. The largest absolute Gasteiger partial charge is 0.392 e. The van der Waals surface area contributed by atoms with Crippen LogP contribution in [-0.2, 0) is 0 Å². The highest BCUT2D eigenvalue weighted by Crippen LogP contribution is 2.28. The van der Waals surface area contributed by atoms with Gasteiger partial charge in [-0.05, 0) is 24.7 Å². The van der Waals surface area contributed by atoms with Crippen LogP contribution in [0.4, 0.5) is 0 Å². The van der Waals surface area contributed by atoms with Crippen LogP contribution in [0.15, 0.2) is 0 Å². The summed E-state index contributed by atoms with van der Waals surface area (Å²) < 4.78 is 0. The van der Waals surface area contributed by atoms with E-state index in [2.05, 4.69) is 13.8 Å². The van der Waals surface area contributed by atoms with Crippen LogP contribution in [0.3, 0.4) is 0 Å². The first-order valence-corrected chi connectivity index (χ1v) is 7.61. The molecular formula is C15H31NO. The molecular weight excluding hydrogens is 210 g/mol. The molecule has 17 heavy (non-hydrogen) atoms. The Kier molecular flexibility index (Phi) is 7.14. The third-order valence-corrected chi connectivity index (χ3v) is 4.55. The maximum atomic E-state index is 10.2. The Hall–Kier alpha value is -0.0800. The van der Waals surface area contributed by atoms with Gasteiger partial charge in [0.25, 0.3) is 0 Å². The van der Waals surface area contributed by atoms with Crippen LogP contribution < -0.4 is 5.73 Å². The summed E-state index contributed by atoms with van der Waals surface area (Å²) in [5.74, 6) is 1.41. The SMILES string of the molecule is CCC(CC)C[C@H](O)[C@@H](N)CC1CCCCC1. The van der Waals surface area contributed by atoms with Crippen LogP contribution in [0.25, 0.3) is 0 Å². The summed E-state index contributed by atoms with van der Waals surface area (Å²) in [4.78, 5) is 0. The zero-order chi connectivity index (χ0) is 12.7. The van der Waals surface area contributed by atoms with E-state index in [0.717, 1.165) is 31.6 Å². The van der Waals surface area contributed by atoms with E-state index in [1.54, 1.807) is 0 Å². The molecule has 0 saturated heterocycles. The van der Waals surface area contributed by atoms with E-state index in [0.29, 0.717) is 5.92 Å². The molecule has 1 saturated carbocycles. The van der Waals surface area contributed by atoms with Gasteiger partial charge in [-0.15, -0.1) is 0 Å². The van der Waals surface area contributed by atoms with Gasteiger partial charge in [-0.25, -0.2) is 0 Å². The van der Waals surface area contributed by atoms with Crippen molar-refractivity contribution in [1.82, 2.24) is 0 Å². The predicted octanol–water partition coefficient (Wildman–Crippen LogP) is 3.47. The first-order chi connectivity index (χ1) is 8.17. The van der Waals surface area contributed by atoms with Crippen molar-refractivity contribution in [3.8, 4) is 0 Å². The van der Waals surface area contributed by atoms with Gasteiger partial charge in [0.1, 0.15) is 0 Å². The van der Waals surface area contributed by atoms with Crippen molar-refractivity contribution in [2.24, 2.45) is 17.6 Å². The Labute approximate surface area is 107 Å². The number of hydrogen-bond donors (Lipinski definition) is 2. The standard InChI is InChI=1S/C15H31NO/c1-3-12(4-2)11-15(17)14(16)10-13-8-6-5-7-9-13/h12-15,17H,3-11,16H2,1-2H3/t14-,15-/m0/s1. The zero-order valence-corrected chi connectivity index (χ0v) is 11.7. The van der Waals surface area contributed by atoms with Gasteiger partial charge < -0.3 is 10.8 Å². The van der Waals surface area contributed by atoms with E-state index in [1.165, 1.54) is 32.1 Å². The normalized spacial score (nSPS) is 21.7. The van der Waals surface area contributed by atoms with E-state index in [-0.39, 0.29) is 12.1 Å². The molecule has 0 spiro atoms. The summed E-state index contributed by atoms with van der Waals surface area (Å²) in [5.41, 5.74) is 6.16. The van der Waals surface area contributed by atoms with Gasteiger partial charge in [-0.2, -0.15) is 0 Å². The van der Waals surface area contributed by atoms with Gasteiger partial charge in [0.15, 0.2) is 0 Å². The van der Waals surface area contributed by atoms with E-state index < -0.39 is 0 Å². The van der Waals surface area contributed by atoms with Gasteiger partial charge in [-0.1, -0.05) is 58.8 Å². The molecule has 102 valence electrons. The Morgan fingerprint density at radius 2 is 1.71 bits per heavy atom. The average molecular weight is 241 g/mol. The maximum Gasteiger partial charge on any atom is 0.0693 e. The van der Waals surface area contributed by atoms with Crippen LogP contribution in [0.1, 0.15) is 71.6 Å². The topological polar surface area (TPSA) is 46.2 Å². The molecule has 0 aromatic carbocycles. The molecule has 2 nitrogen and oxygen atoms in total. The summed E-state index contributed by atoms with van der Waals surface area (Å²) >= 11 is 0. The number of rotatable bonds is 7. The monoisotopic (exact) mass is 241 g/mol. The van der Waals surface area contributed by atoms with Crippen molar-refractivity contribution < 1.29 is 5.11 Å². The molecule has 3 N–H and O–H groups in total. The van der Waals surface area contributed by atoms with Crippen LogP contribution >= 0.6 is 0 Å². The molecule has 0 aromatic heterocycles. The van der Waals surface area contributed by atoms with Gasteiger partial charge in [0, 0.05) is 6.04 Å². The van der Waals surface area contributed by atoms with Crippen LogP contribution in [0.5, 0.6) is 0 Å². The van der Waals surface area contributed by atoms with E-state index >= 15 is 0 Å². The van der Waals surface area contributed by atoms with Gasteiger partial charge in [-0.3, -0.25) is 0 Å². The minimum atomic E-state index is -0.290. The van der Waals surface area contributed by atoms with E-state index in [9.17, 15) is 5.11 Å². The number of aliphatic hydroxyl groups is 1. The summed E-state index contributed by atoms with van der Waals surface area (Å²) in [6.07, 6.45) is 10.7. The van der Waals surface area contributed by atoms with Crippen molar-refractivity contribution in [2.75, 3.05) is 0 Å². The molecule has 2 atom stereocenters. The lowest BCUT2D eigenvalue weighted by molar-refractivity contribution is 0.0987. The highest BCUT2D eigenvalue weighted by atomic mass is 16.3. The molecule has 1 aliphatic rings. The second kappa shape index (κ2) is 8.10. The molecule has 1 rings (SSSR count). The summed E-state index contributed by atoms with van der Waals surface area (Å²) in [6.45, 7) is 4.40. The van der Waals surface area contributed by atoms with Crippen LogP contribution in [0, 0.1) is 11.8 Å².